The second-order valence-electron chi connectivity index (χ2n) is 7.15. The minimum atomic E-state index is -0.820. The van der Waals surface area contributed by atoms with E-state index in [1.807, 2.05) is 36.4 Å². The van der Waals surface area contributed by atoms with Crippen LogP contribution in [0, 0.1) is 0 Å². The van der Waals surface area contributed by atoms with E-state index in [1.165, 1.54) is 19.2 Å². The van der Waals surface area contributed by atoms with Gasteiger partial charge in [-0.1, -0.05) is 36.4 Å². The smallest absolute Gasteiger partial charge is 0.328 e. The number of fused-ring (bicyclic) bond motifs is 1. The number of aromatic hydroxyl groups is 1. The highest BCUT2D eigenvalue weighted by atomic mass is 16.5. The Morgan fingerprint density at radius 1 is 0.967 bits per heavy atom. The SMILES string of the molecule is COC(=O)[C@H](Cc1ccc(O)cc1)NC(=O)[C@H](C)c1ccc2cc(OC)ccc2c1. The van der Waals surface area contributed by atoms with Gasteiger partial charge in [0.25, 0.3) is 0 Å². The van der Waals surface area contributed by atoms with Gasteiger partial charge in [0, 0.05) is 6.42 Å². The Kier molecular flexibility index (Phi) is 6.57. The number of phenolic OH excluding ortho intramolecular Hbond substituents is 1. The molecule has 156 valence electrons. The van der Waals surface area contributed by atoms with Crippen LogP contribution < -0.4 is 10.1 Å². The Bertz CT molecular complexity index is 1050. The second kappa shape index (κ2) is 9.31. The molecule has 3 rings (SSSR count). The van der Waals surface area contributed by atoms with Gasteiger partial charge in [0.2, 0.25) is 5.91 Å². The molecule has 2 N–H and O–H groups in total. The number of rotatable bonds is 7. The zero-order chi connectivity index (χ0) is 21.7. The molecule has 6 heteroatoms. The highest BCUT2D eigenvalue weighted by Crippen LogP contribution is 2.25. The van der Waals surface area contributed by atoms with Crippen LogP contribution in [0.3, 0.4) is 0 Å². The maximum atomic E-state index is 12.9. The zero-order valence-corrected chi connectivity index (χ0v) is 17.2. The van der Waals surface area contributed by atoms with E-state index in [-0.39, 0.29) is 18.1 Å². The molecule has 0 heterocycles. The fourth-order valence-electron chi connectivity index (χ4n) is 3.29. The van der Waals surface area contributed by atoms with Crippen LogP contribution in [0.2, 0.25) is 0 Å². The van der Waals surface area contributed by atoms with E-state index < -0.39 is 17.9 Å². The standard InChI is InChI=1S/C24H25NO5/c1-15(17-6-7-19-14-21(29-2)11-8-18(19)13-17)23(27)25-22(24(28)30-3)12-16-4-9-20(26)10-5-16/h4-11,13-15,22,26H,12H2,1-3H3,(H,25,27)/t15-,22+/m1/s1. The monoisotopic (exact) mass is 407 g/mol. The van der Waals surface area contributed by atoms with Gasteiger partial charge in [-0.05, 0) is 53.1 Å². The first-order chi connectivity index (χ1) is 14.4. The lowest BCUT2D eigenvalue weighted by Gasteiger charge is -2.20. The van der Waals surface area contributed by atoms with Crippen molar-refractivity contribution in [2.24, 2.45) is 0 Å². The third-order valence-corrected chi connectivity index (χ3v) is 5.14. The van der Waals surface area contributed by atoms with E-state index in [4.69, 9.17) is 9.47 Å². The Morgan fingerprint density at radius 2 is 1.63 bits per heavy atom. The lowest BCUT2D eigenvalue weighted by Crippen LogP contribution is -2.44. The molecule has 0 spiro atoms. The van der Waals surface area contributed by atoms with Crippen molar-refractivity contribution in [2.45, 2.75) is 25.3 Å². The minimum Gasteiger partial charge on any atom is -0.508 e. The second-order valence-corrected chi connectivity index (χ2v) is 7.15. The largest absolute Gasteiger partial charge is 0.508 e. The van der Waals surface area contributed by atoms with Crippen molar-refractivity contribution in [3.63, 3.8) is 0 Å². The predicted octanol–water partition coefficient (Wildman–Crippen LogP) is 3.56. The van der Waals surface area contributed by atoms with Crippen LogP contribution in [-0.2, 0) is 20.7 Å². The van der Waals surface area contributed by atoms with Gasteiger partial charge in [-0.25, -0.2) is 4.79 Å². The molecular formula is C24H25NO5. The molecule has 0 unspecified atom stereocenters. The number of benzene rings is 3. The van der Waals surface area contributed by atoms with Crippen LogP contribution in [0.4, 0.5) is 0 Å². The zero-order valence-electron chi connectivity index (χ0n) is 17.2. The number of ether oxygens (including phenoxy) is 2. The van der Waals surface area contributed by atoms with E-state index in [0.717, 1.165) is 27.6 Å². The van der Waals surface area contributed by atoms with Gasteiger partial charge in [0.1, 0.15) is 17.5 Å². The lowest BCUT2D eigenvalue weighted by molar-refractivity contribution is -0.145. The molecule has 6 nitrogen and oxygen atoms in total. The fourth-order valence-corrected chi connectivity index (χ4v) is 3.29. The van der Waals surface area contributed by atoms with Gasteiger partial charge in [-0.2, -0.15) is 0 Å². The van der Waals surface area contributed by atoms with E-state index in [1.54, 1.807) is 26.2 Å². The van der Waals surface area contributed by atoms with Gasteiger partial charge >= 0.3 is 5.97 Å². The normalized spacial score (nSPS) is 12.8. The van der Waals surface area contributed by atoms with Crippen LogP contribution in [0.1, 0.15) is 24.0 Å². The highest BCUT2D eigenvalue weighted by Gasteiger charge is 2.25. The first-order valence-corrected chi connectivity index (χ1v) is 9.65. The average Bonchev–Trinajstić information content (AvgIpc) is 2.78. The summed E-state index contributed by atoms with van der Waals surface area (Å²) in [7, 11) is 2.91. The Balaban J connectivity index is 1.76. The van der Waals surface area contributed by atoms with Crippen molar-refractivity contribution in [1.29, 1.82) is 0 Å². The molecule has 0 saturated heterocycles. The Morgan fingerprint density at radius 3 is 2.30 bits per heavy atom. The number of phenols is 1. The van der Waals surface area contributed by atoms with Gasteiger partial charge in [0.15, 0.2) is 0 Å². The van der Waals surface area contributed by atoms with E-state index in [0.29, 0.717) is 0 Å². The molecule has 0 aliphatic carbocycles. The molecule has 2 atom stereocenters. The van der Waals surface area contributed by atoms with E-state index in [2.05, 4.69) is 5.32 Å². The number of carbonyl (C=O) groups is 2. The summed E-state index contributed by atoms with van der Waals surface area (Å²) in [6.45, 7) is 1.80. The molecule has 3 aromatic carbocycles. The number of carbonyl (C=O) groups excluding carboxylic acids is 2. The number of hydrogen-bond donors (Lipinski definition) is 2. The lowest BCUT2D eigenvalue weighted by atomic mass is 9.96. The summed E-state index contributed by atoms with van der Waals surface area (Å²) in [6.07, 6.45) is 0.267. The molecule has 1 amide bonds. The number of nitrogens with one attached hydrogen (secondary N) is 1. The Labute approximate surface area is 175 Å². The summed E-state index contributed by atoms with van der Waals surface area (Å²) in [5.41, 5.74) is 1.65. The highest BCUT2D eigenvalue weighted by molar-refractivity contribution is 5.90. The number of esters is 1. The van der Waals surface area contributed by atoms with Crippen molar-refractivity contribution < 1.29 is 24.2 Å². The molecule has 30 heavy (non-hydrogen) atoms. The third-order valence-electron chi connectivity index (χ3n) is 5.14. The predicted molar refractivity (Wildman–Crippen MR) is 115 cm³/mol. The molecule has 0 saturated carbocycles. The molecule has 3 aromatic rings. The summed E-state index contributed by atoms with van der Waals surface area (Å²) in [5.74, 6) is -0.328. The van der Waals surface area contributed by atoms with Crippen molar-refractivity contribution >= 4 is 22.6 Å². The van der Waals surface area contributed by atoms with E-state index >= 15 is 0 Å². The molecule has 0 bridgehead atoms. The first kappa shape index (κ1) is 21.2. The molecule has 0 aliphatic heterocycles. The maximum absolute atomic E-state index is 12.9. The minimum absolute atomic E-state index is 0.139. The average molecular weight is 407 g/mol. The first-order valence-electron chi connectivity index (χ1n) is 9.65. The van der Waals surface area contributed by atoms with Crippen LogP contribution in [0.25, 0.3) is 10.8 Å². The molecule has 0 fully saturated rings. The maximum Gasteiger partial charge on any atom is 0.328 e. The van der Waals surface area contributed by atoms with Crippen LogP contribution in [-0.4, -0.2) is 37.2 Å². The van der Waals surface area contributed by atoms with Crippen molar-refractivity contribution in [1.82, 2.24) is 5.32 Å². The Hall–Kier alpha value is -3.54. The van der Waals surface area contributed by atoms with Gasteiger partial charge in [0.05, 0.1) is 20.1 Å². The molecular weight excluding hydrogens is 382 g/mol. The van der Waals surface area contributed by atoms with Gasteiger partial charge in [-0.15, -0.1) is 0 Å². The number of methoxy groups -OCH3 is 2. The summed E-state index contributed by atoms with van der Waals surface area (Å²) in [4.78, 5) is 25.1. The molecule has 0 aromatic heterocycles. The quantitative estimate of drug-likeness (QED) is 0.585. The molecule has 0 radical (unpaired) electrons. The summed E-state index contributed by atoms with van der Waals surface area (Å²) < 4.78 is 10.1. The van der Waals surface area contributed by atoms with Crippen LogP contribution in [0.15, 0.2) is 60.7 Å². The summed E-state index contributed by atoms with van der Waals surface area (Å²) in [6, 6.07) is 17.3. The van der Waals surface area contributed by atoms with Crippen molar-refractivity contribution in [3.8, 4) is 11.5 Å². The summed E-state index contributed by atoms with van der Waals surface area (Å²) in [5, 5.41) is 14.2. The van der Waals surface area contributed by atoms with Crippen molar-refractivity contribution in [3.05, 3.63) is 71.8 Å². The topological polar surface area (TPSA) is 84.9 Å². The van der Waals surface area contributed by atoms with Gasteiger partial charge < -0.3 is 19.9 Å². The van der Waals surface area contributed by atoms with Crippen LogP contribution >= 0.6 is 0 Å². The molecule has 0 aliphatic rings. The summed E-state index contributed by atoms with van der Waals surface area (Å²) >= 11 is 0. The fraction of sp³-hybridized carbons (Fsp3) is 0.250. The number of amides is 1. The van der Waals surface area contributed by atoms with Gasteiger partial charge in [-0.3, -0.25) is 4.79 Å². The third kappa shape index (κ3) is 4.89. The number of hydrogen-bond acceptors (Lipinski definition) is 5. The van der Waals surface area contributed by atoms with Crippen molar-refractivity contribution in [2.75, 3.05) is 14.2 Å². The van der Waals surface area contributed by atoms with E-state index in [9.17, 15) is 14.7 Å². The van der Waals surface area contributed by atoms with Crippen LogP contribution in [0.5, 0.6) is 11.5 Å².